The fraction of sp³-hybridized carbons (Fsp3) is 0.875. The molecule has 5 nitrogen and oxygen atoms in total. The number of carbonyl (C=O) groups excluding carboxylic acids is 1. The first-order valence-corrected chi connectivity index (χ1v) is 8.22. The molecule has 0 heterocycles. The maximum atomic E-state index is 12.0. The van der Waals surface area contributed by atoms with Crippen molar-refractivity contribution >= 4 is 12.0 Å². The molecule has 0 aromatic heterocycles. The largest absolute Gasteiger partial charge is 0.480 e. The van der Waals surface area contributed by atoms with Crippen molar-refractivity contribution in [2.45, 2.75) is 64.8 Å². The average molecular weight is 296 g/mol. The standard InChI is InChI=1S/C16H28N2O3/c1-11(2)16(8-9-16)10-17-15(21)18-13(14(19)20)12-6-4-3-5-7-12/h11-13H,3-10H2,1-2H3,(H,19,20)(H2,17,18,21). The molecule has 1 atom stereocenters. The summed E-state index contributed by atoms with van der Waals surface area (Å²) in [6, 6.07) is -1.08. The lowest BCUT2D eigenvalue weighted by molar-refractivity contribution is -0.141. The number of carboxylic acids is 1. The first kappa shape index (κ1) is 16.1. The molecular formula is C16H28N2O3. The third-order valence-electron chi connectivity index (χ3n) is 5.39. The smallest absolute Gasteiger partial charge is 0.326 e. The molecule has 2 amide bonds. The molecule has 5 heteroatoms. The van der Waals surface area contributed by atoms with Crippen LogP contribution < -0.4 is 10.6 Å². The van der Waals surface area contributed by atoms with E-state index in [0.29, 0.717) is 12.5 Å². The molecule has 2 saturated carbocycles. The van der Waals surface area contributed by atoms with Crippen LogP contribution in [-0.2, 0) is 4.79 Å². The number of hydrogen-bond donors (Lipinski definition) is 3. The van der Waals surface area contributed by atoms with Crippen LogP contribution in [0, 0.1) is 17.3 Å². The van der Waals surface area contributed by atoms with Gasteiger partial charge in [-0.1, -0.05) is 33.1 Å². The van der Waals surface area contributed by atoms with Crippen molar-refractivity contribution in [2.75, 3.05) is 6.54 Å². The molecule has 2 aliphatic carbocycles. The van der Waals surface area contributed by atoms with Crippen LogP contribution in [0.4, 0.5) is 4.79 Å². The van der Waals surface area contributed by atoms with Gasteiger partial charge in [0.05, 0.1) is 0 Å². The molecule has 0 bridgehead atoms. The molecule has 1 unspecified atom stereocenters. The van der Waals surface area contributed by atoms with Crippen molar-refractivity contribution in [3.63, 3.8) is 0 Å². The Kier molecular flexibility index (Phi) is 5.12. The lowest BCUT2D eigenvalue weighted by atomic mass is 9.84. The third kappa shape index (κ3) is 4.11. The zero-order valence-electron chi connectivity index (χ0n) is 13.2. The molecule has 0 aromatic rings. The highest BCUT2D eigenvalue weighted by atomic mass is 16.4. The Morgan fingerprint density at radius 1 is 1.19 bits per heavy atom. The van der Waals surface area contributed by atoms with Crippen LogP contribution in [0.5, 0.6) is 0 Å². The van der Waals surface area contributed by atoms with Crippen LogP contribution >= 0.6 is 0 Å². The third-order valence-corrected chi connectivity index (χ3v) is 5.39. The number of hydrogen-bond acceptors (Lipinski definition) is 2. The van der Waals surface area contributed by atoms with Gasteiger partial charge in [0.1, 0.15) is 6.04 Å². The maximum absolute atomic E-state index is 12.0. The van der Waals surface area contributed by atoms with E-state index in [-0.39, 0.29) is 17.4 Å². The minimum atomic E-state index is -0.915. The molecule has 3 N–H and O–H groups in total. The van der Waals surface area contributed by atoms with Gasteiger partial charge < -0.3 is 15.7 Å². The van der Waals surface area contributed by atoms with Gasteiger partial charge in [-0.05, 0) is 42.9 Å². The summed E-state index contributed by atoms with van der Waals surface area (Å²) in [5.41, 5.74) is 0.237. The van der Waals surface area contributed by atoms with Crippen molar-refractivity contribution < 1.29 is 14.7 Å². The number of carbonyl (C=O) groups is 2. The first-order chi connectivity index (χ1) is 9.94. The summed E-state index contributed by atoms with van der Waals surface area (Å²) in [5.74, 6) is -0.296. The van der Waals surface area contributed by atoms with Crippen LogP contribution in [0.25, 0.3) is 0 Å². The predicted molar refractivity (Wildman–Crippen MR) is 81.0 cm³/mol. The normalized spacial score (nSPS) is 22.6. The lowest BCUT2D eigenvalue weighted by Gasteiger charge is -2.28. The fourth-order valence-electron chi connectivity index (χ4n) is 3.42. The number of carboxylic acid groups (broad SMARTS) is 1. The molecule has 0 aliphatic heterocycles. The summed E-state index contributed by atoms with van der Waals surface area (Å²) in [6.45, 7) is 5.00. The summed E-state index contributed by atoms with van der Waals surface area (Å²) in [6.07, 6.45) is 7.39. The van der Waals surface area contributed by atoms with Crippen molar-refractivity contribution in [1.82, 2.24) is 10.6 Å². The van der Waals surface area contributed by atoms with Crippen LogP contribution in [-0.4, -0.2) is 29.7 Å². The Morgan fingerprint density at radius 2 is 1.81 bits per heavy atom. The average Bonchev–Trinajstić information content (AvgIpc) is 3.24. The van der Waals surface area contributed by atoms with E-state index in [4.69, 9.17) is 0 Å². The topological polar surface area (TPSA) is 78.4 Å². The van der Waals surface area contributed by atoms with E-state index in [9.17, 15) is 14.7 Å². The molecular weight excluding hydrogens is 268 g/mol. The van der Waals surface area contributed by atoms with Crippen LogP contribution in [0.2, 0.25) is 0 Å². The summed E-state index contributed by atoms with van der Waals surface area (Å²) < 4.78 is 0. The Bertz CT molecular complexity index is 385. The summed E-state index contributed by atoms with van der Waals surface area (Å²) >= 11 is 0. The summed E-state index contributed by atoms with van der Waals surface area (Å²) in [7, 11) is 0. The van der Waals surface area contributed by atoms with Crippen molar-refractivity contribution in [1.29, 1.82) is 0 Å². The predicted octanol–water partition coefficient (Wildman–Crippen LogP) is 2.76. The van der Waals surface area contributed by atoms with Gasteiger partial charge in [0.15, 0.2) is 0 Å². The van der Waals surface area contributed by atoms with Gasteiger partial charge in [0.2, 0.25) is 0 Å². The Morgan fingerprint density at radius 3 is 2.29 bits per heavy atom. The van der Waals surface area contributed by atoms with Gasteiger partial charge in [-0.3, -0.25) is 0 Å². The SMILES string of the molecule is CC(C)C1(CNC(=O)NC(C(=O)O)C2CCCCC2)CC1. The summed E-state index contributed by atoms with van der Waals surface area (Å²) in [5, 5.41) is 14.9. The highest BCUT2D eigenvalue weighted by Crippen LogP contribution is 2.51. The molecule has 2 fully saturated rings. The van der Waals surface area contributed by atoms with Gasteiger partial charge in [-0.15, -0.1) is 0 Å². The highest BCUT2D eigenvalue weighted by Gasteiger charge is 2.45. The van der Waals surface area contributed by atoms with Gasteiger partial charge in [0.25, 0.3) is 0 Å². The van der Waals surface area contributed by atoms with Gasteiger partial charge in [0, 0.05) is 6.54 Å². The van der Waals surface area contributed by atoms with E-state index in [1.165, 1.54) is 6.42 Å². The number of nitrogens with one attached hydrogen (secondary N) is 2. The second kappa shape index (κ2) is 6.67. The van der Waals surface area contributed by atoms with E-state index in [1.807, 2.05) is 0 Å². The molecule has 21 heavy (non-hydrogen) atoms. The highest BCUT2D eigenvalue weighted by molar-refractivity contribution is 5.82. The second-order valence-electron chi connectivity index (χ2n) is 7.06. The van der Waals surface area contributed by atoms with Gasteiger partial charge in [-0.25, -0.2) is 9.59 Å². The van der Waals surface area contributed by atoms with Crippen molar-refractivity contribution in [3.8, 4) is 0 Å². The van der Waals surface area contributed by atoms with E-state index in [0.717, 1.165) is 38.5 Å². The van der Waals surface area contributed by atoms with Crippen LogP contribution in [0.15, 0.2) is 0 Å². The Labute approximate surface area is 126 Å². The first-order valence-electron chi connectivity index (χ1n) is 8.22. The minimum Gasteiger partial charge on any atom is -0.480 e. The van der Waals surface area contributed by atoms with E-state index in [1.54, 1.807) is 0 Å². The zero-order valence-corrected chi connectivity index (χ0v) is 13.2. The molecule has 0 radical (unpaired) electrons. The van der Waals surface area contributed by atoms with Gasteiger partial charge in [-0.2, -0.15) is 0 Å². The van der Waals surface area contributed by atoms with Crippen molar-refractivity contribution in [2.24, 2.45) is 17.3 Å². The molecule has 0 spiro atoms. The van der Waals surface area contributed by atoms with E-state index >= 15 is 0 Å². The number of amides is 2. The molecule has 2 aliphatic rings. The quantitative estimate of drug-likeness (QED) is 0.705. The Balaban J connectivity index is 1.82. The molecule has 2 rings (SSSR count). The van der Waals surface area contributed by atoms with Crippen LogP contribution in [0.1, 0.15) is 58.8 Å². The minimum absolute atomic E-state index is 0.0713. The second-order valence-corrected chi connectivity index (χ2v) is 7.06. The number of aliphatic carboxylic acids is 1. The molecule has 120 valence electrons. The monoisotopic (exact) mass is 296 g/mol. The van der Waals surface area contributed by atoms with Crippen molar-refractivity contribution in [3.05, 3.63) is 0 Å². The number of rotatable bonds is 6. The lowest BCUT2D eigenvalue weighted by Crippen LogP contribution is -2.51. The van der Waals surface area contributed by atoms with E-state index in [2.05, 4.69) is 24.5 Å². The molecule has 0 saturated heterocycles. The van der Waals surface area contributed by atoms with Gasteiger partial charge >= 0.3 is 12.0 Å². The molecule has 0 aromatic carbocycles. The Hall–Kier alpha value is -1.26. The number of urea groups is 1. The fourth-order valence-corrected chi connectivity index (χ4v) is 3.42. The zero-order chi connectivity index (χ0) is 15.5. The van der Waals surface area contributed by atoms with Crippen LogP contribution in [0.3, 0.4) is 0 Å². The van der Waals surface area contributed by atoms with E-state index < -0.39 is 12.0 Å². The summed E-state index contributed by atoms with van der Waals surface area (Å²) in [4.78, 5) is 23.4. The maximum Gasteiger partial charge on any atom is 0.326 e.